The molecule has 0 aromatic heterocycles. The number of ether oxygens (including phenoxy) is 1. The molecule has 0 spiro atoms. The van der Waals surface area contributed by atoms with Crippen LogP contribution in [0.25, 0.3) is 0 Å². The predicted octanol–water partition coefficient (Wildman–Crippen LogP) is 7.32. The maximum atomic E-state index is 14.1. The van der Waals surface area contributed by atoms with Gasteiger partial charge in [-0.05, 0) is 58.3 Å². The Morgan fingerprint density at radius 2 is 1.20 bits per heavy atom. The Morgan fingerprint density at radius 3 is 1.72 bits per heavy atom. The van der Waals surface area contributed by atoms with Gasteiger partial charge in [-0.2, -0.15) is 5.10 Å². The first kappa shape index (κ1) is 34.1. The summed E-state index contributed by atoms with van der Waals surface area (Å²) in [5.74, 6) is -0.484. The Bertz CT molecular complexity index is 1480. The average Bonchev–Trinajstić information content (AvgIpc) is 3.05. The highest BCUT2D eigenvalue weighted by Gasteiger charge is 2.29. The van der Waals surface area contributed by atoms with Gasteiger partial charge in [0.1, 0.15) is 11.6 Å². The number of nitrogens with one attached hydrogen (secondary N) is 1. The molecule has 4 aromatic carbocycles. The van der Waals surface area contributed by atoms with Gasteiger partial charge in [0.2, 0.25) is 0 Å². The van der Waals surface area contributed by atoms with E-state index in [9.17, 15) is 9.59 Å². The minimum absolute atomic E-state index is 0.299. The number of hydrazone groups is 1. The monoisotopic (exact) mass is 618 g/mol. The zero-order chi connectivity index (χ0) is 32.8. The molecule has 0 aliphatic rings. The Morgan fingerprint density at radius 1 is 0.717 bits per heavy atom. The second-order valence-corrected chi connectivity index (χ2v) is 12.5. The number of unbranched alkanes of at least 4 members (excludes halogenated alkanes) is 1. The van der Waals surface area contributed by atoms with Crippen LogP contribution >= 0.6 is 0 Å². The van der Waals surface area contributed by atoms with E-state index in [0.717, 1.165) is 42.6 Å². The summed E-state index contributed by atoms with van der Waals surface area (Å²) < 4.78 is 5.73. The molecule has 4 aromatic rings. The minimum atomic E-state index is -0.888. The molecule has 0 aliphatic carbocycles. The molecule has 0 bridgehead atoms. The fourth-order valence-electron chi connectivity index (χ4n) is 5.05. The number of amides is 2. The number of carbonyl (C=O) groups excluding carboxylic acids is 2. The summed E-state index contributed by atoms with van der Waals surface area (Å²) in [5.41, 5.74) is 3.94. The third-order valence-electron chi connectivity index (χ3n) is 7.28. The third-order valence-corrected chi connectivity index (χ3v) is 7.28. The molecular weight excluding hydrogens is 572 g/mol. The Hall–Kier alpha value is -4.75. The summed E-state index contributed by atoms with van der Waals surface area (Å²) in [5, 5.41) is 9.41. The molecule has 0 unspecified atom stereocenters. The summed E-state index contributed by atoms with van der Waals surface area (Å²) in [7, 11) is 2.10. The van der Waals surface area contributed by atoms with Crippen molar-refractivity contribution in [2.75, 3.05) is 20.1 Å². The molecular formula is C39H46N4O3. The number of hydrogen-bond acceptors (Lipinski definition) is 5. The first-order valence-corrected chi connectivity index (χ1v) is 15.9. The van der Waals surface area contributed by atoms with Gasteiger partial charge < -0.3 is 15.0 Å². The van der Waals surface area contributed by atoms with Gasteiger partial charge in [-0.1, -0.05) is 121 Å². The average molecular weight is 619 g/mol. The second kappa shape index (κ2) is 17.1. The fourth-order valence-corrected chi connectivity index (χ4v) is 5.05. The van der Waals surface area contributed by atoms with Gasteiger partial charge in [-0.3, -0.25) is 0 Å². The van der Waals surface area contributed by atoms with Crippen molar-refractivity contribution in [3.63, 3.8) is 0 Å². The van der Waals surface area contributed by atoms with Gasteiger partial charge in [0.25, 0.3) is 0 Å². The van der Waals surface area contributed by atoms with Crippen LogP contribution in [0.3, 0.4) is 0 Å². The van der Waals surface area contributed by atoms with Crippen LogP contribution in [0.4, 0.5) is 4.79 Å². The van der Waals surface area contributed by atoms with Crippen LogP contribution in [0.2, 0.25) is 0 Å². The van der Waals surface area contributed by atoms with Gasteiger partial charge in [-0.25, -0.2) is 14.6 Å². The van der Waals surface area contributed by atoms with E-state index in [0.29, 0.717) is 18.7 Å². The maximum Gasteiger partial charge on any atom is 0.338 e. The zero-order valence-electron chi connectivity index (χ0n) is 27.4. The molecule has 1 atom stereocenters. The third kappa shape index (κ3) is 11.3. The topological polar surface area (TPSA) is 74.2 Å². The van der Waals surface area contributed by atoms with E-state index in [1.54, 1.807) is 0 Å². The number of rotatable bonds is 14. The minimum Gasteiger partial charge on any atom is -0.458 e. The van der Waals surface area contributed by atoms with Gasteiger partial charge >= 0.3 is 12.0 Å². The molecule has 4 rings (SSSR count). The molecule has 7 heteroatoms. The molecule has 240 valence electrons. The van der Waals surface area contributed by atoms with E-state index >= 15 is 0 Å². The van der Waals surface area contributed by atoms with Crippen molar-refractivity contribution < 1.29 is 14.3 Å². The van der Waals surface area contributed by atoms with Gasteiger partial charge in [0.05, 0.1) is 5.71 Å². The van der Waals surface area contributed by atoms with Crippen LogP contribution in [0.5, 0.6) is 0 Å². The number of benzene rings is 4. The molecule has 1 N–H and O–H groups in total. The van der Waals surface area contributed by atoms with E-state index in [1.807, 2.05) is 118 Å². The standard InChI is InChI=1S/C39H46N4O3/c1-39(2,3)46-37(44)35(29-31-19-9-5-10-20-31)40-38(45)43(28-18-17-27-42(4)30-32-21-11-6-12-22-32)41-36(33-23-13-7-14-24-33)34-25-15-8-16-26-34/h5-16,19-26,35H,17-18,27-30H2,1-4H3,(H,40,45)/t35-/m1/s1. The molecule has 0 heterocycles. The lowest BCUT2D eigenvalue weighted by Gasteiger charge is -2.27. The van der Waals surface area contributed by atoms with Crippen molar-refractivity contribution in [1.82, 2.24) is 15.2 Å². The molecule has 0 saturated heterocycles. The highest BCUT2D eigenvalue weighted by molar-refractivity contribution is 6.13. The molecule has 0 radical (unpaired) electrons. The SMILES string of the molecule is CN(CCCCN(N=C(c1ccccc1)c1ccccc1)C(=O)N[C@H](Cc1ccccc1)C(=O)OC(C)(C)C)Cc1ccccc1. The Kier molecular flexibility index (Phi) is 12.7. The number of carbonyl (C=O) groups is 2. The fraction of sp³-hybridized carbons (Fsp3) is 0.308. The Balaban J connectivity index is 1.58. The lowest BCUT2D eigenvalue weighted by atomic mass is 10.0. The molecule has 2 amide bonds. The first-order valence-electron chi connectivity index (χ1n) is 15.9. The molecule has 7 nitrogen and oxygen atoms in total. The van der Waals surface area contributed by atoms with Gasteiger partial charge in [0.15, 0.2) is 0 Å². The summed E-state index contributed by atoms with van der Waals surface area (Å²) in [6, 6.07) is 38.4. The Labute approximate surface area is 273 Å². The van der Waals surface area contributed by atoms with Crippen LogP contribution in [0.1, 0.15) is 55.9 Å². The summed E-state index contributed by atoms with van der Waals surface area (Å²) in [6.45, 7) is 7.57. The normalized spacial score (nSPS) is 11.8. The quantitative estimate of drug-likeness (QED) is 0.0696. The highest BCUT2D eigenvalue weighted by atomic mass is 16.6. The largest absolute Gasteiger partial charge is 0.458 e. The van der Waals surface area contributed by atoms with Crippen molar-refractivity contribution in [3.8, 4) is 0 Å². The van der Waals surface area contributed by atoms with Crippen LogP contribution in [-0.4, -0.2) is 59.4 Å². The van der Waals surface area contributed by atoms with Gasteiger partial charge in [0, 0.05) is 30.6 Å². The van der Waals surface area contributed by atoms with E-state index in [1.165, 1.54) is 10.6 Å². The van der Waals surface area contributed by atoms with E-state index < -0.39 is 23.6 Å². The molecule has 0 fully saturated rings. The predicted molar refractivity (Wildman–Crippen MR) is 186 cm³/mol. The number of nitrogens with zero attached hydrogens (tertiary/aromatic N) is 3. The summed E-state index contributed by atoms with van der Waals surface area (Å²) >= 11 is 0. The van der Waals surface area contributed by atoms with Crippen molar-refractivity contribution in [2.45, 2.75) is 58.2 Å². The van der Waals surface area contributed by atoms with Crippen molar-refractivity contribution in [3.05, 3.63) is 144 Å². The lowest BCUT2D eigenvalue weighted by Crippen LogP contribution is -2.49. The van der Waals surface area contributed by atoms with Gasteiger partial charge in [-0.15, -0.1) is 0 Å². The maximum absolute atomic E-state index is 14.1. The zero-order valence-corrected chi connectivity index (χ0v) is 27.4. The molecule has 0 aliphatic heterocycles. The number of hydrogen-bond donors (Lipinski definition) is 1. The smallest absolute Gasteiger partial charge is 0.338 e. The van der Waals surface area contributed by atoms with E-state index in [2.05, 4.69) is 41.5 Å². The van der Waals surface area contributed by atoms with Crippen LogP contribution in [0, 0.1) is 0 Å². The van der Waals surface area contributed by atoms with Crippen molar-refractivity contribution in [2.24, 2.45) is 5.10 Å². The summed E-state index contributed by atoms with van der Waals surface area (Å²) in [4.78, 5) is 29.7. The van der Waals surface area contributed by atoms with Crippen molar-refractivity contribution >= 4 is 17.7 Å². The van der Waals surface area contributed by atoms with Crippen molar-refractivity contribution in [1.29, 1.82) is 0 Å². The van der Waals surface area contributed by atoms with E-state index in [4.69, 9.17) is 9.84 Å². The van der Waals surface area contributed by atoms with Crippen LogP contribution in [-0.2, 0) is 22.5 Å². The molecule has 46 heavy (non-hydrogen) atoms. The first-order chi connectivity index (χ1) is 22.2. The summed E-state index contributed by atoms with van der Waals surface area (Å²) in [6.07, 6.45) is 1.89. The lowest BCUT2D eigenvalue weighted by molar-refractivity contribution is -0.157. The van der Waals surface area contributed by atoms with Crippen LogP contribution in [0.15, 0.2) is 126 Å². The van der Waals surface area contributed by atoms with Crippen LogP contribution < -0.4 is 5.32 Å². The molecule has 0 saturated carbocycles. The highest BCUT2D eigenvalue weighted by Crippen LogP contribution is 2.15. The number of esters is 1. The number of urea groups is 1. The second-order valence-electron chi connectivity index (χ2n) is 12.5. The van der Waals surface area contributed by atoms with E-state index in [-0.39, 0.29) is 0 Å².